The van der Waals surface area contributed by atoms with E-state index >= 15 is 0 Å². The van der Waals surface area contributed by atoms with E-state index in [1.165, 1.54) is 4.88 Å². The molecular weight excluding hydrogens is 204 g/mol. The second kappa shape index (κ2) is 4.17. The van der Waals surface area contributed by atoms with Gasteiger partial charge in [-0.2, -0.15) is 0 Å². The second-order valence-corrected chi connectivity index (χ2v) is 4.81. The van der Waals surface area contributed by atoms with Crippen molar-refractivity contribution in [3.63, 3.8) is 0 Å². The van der Waals surface area contributed by atoms with Crippen molar-refractivity contribution in [1.29, 1.82) is 0 Å². The van der Waals surface area contributed by atoms with Gasteiger partial charge in [0, 0.05) is 4.88 Å². The fourth-order valence-corrected chi connectivity index (χ4v) is 2.47. The van der Waals surface area contributed by atoms with Gasteiger partial charge in [-0.05, 0) is 42.0 Å². The number of thiophene rings is 1. The van der Waals surface area contributed by atoms with Crippen LogP contribution in [0.4, 0.5) is 0 Å². The minimum absolute atomic E-state index is 0.488. The van der Waals surface area contributed by atoms with Gasteiger partial charge in [-0.25, -0.2) is 0 Å². The monoisotopic (exact) mass is 218 g/mol. The fourth-order valence-electron chi connectivity index (χ4n) is 1.74. The summed E-state index contributed by atoms with van der Waals surface area (Å²) in [6.45, 7) is 4.07. The molecule has 1 aromatic carbocycles. The third kappa shape index (κ3) is 1.96. The van der Waals surface area contributed by atoms with Crippen LogP contribution in [0.5, 0.6) is 0 Å². The Balaban J connectivity index is 2.41. The first-order chi connectivity index (χ1) is 7.20. The van der Waals surface area contributed by atoms with Crippen LogP contribution >= 0.6 is 11.3 Å². The van der Waals surface area contributed by atoms with Gasteiger partial charge < -0.3 is 5.11 Å². The summed E-state index contributed by atoms with van der Waals surface area (Å²) in [5.41, 5.74) is 3.16. The second-order valence-electron chi connectivity index (χ2n) is 3.69. The predicted molar refractivity (Wildman–Crippen MR) is 64.3 cm³/mol. The topological polar surface area (TPSA) is 20.2 Å². The molecule has 15 heavy (non-hydrogen) atoms. The molecule has 1 heterocycles. The average molecular weight is 218 g/mol. The summed E-state index contributed by atoms with van der Waals surface area (Å²) in [5.74, 6) is 0. The van der Waals surface area contributed by atoms with E-state index in [0.29, 0.717) is 0 Å². The molecule has 2 rings (SSSR count). The lowest BCUT2D eigenvalue weighted by atomic mass is 9.98. The third-order valence-electron chi connectivity index (χ3n) is 2.68. The van der Waals surface area contributed by atoms with Crippen molar-refractivity contribution in [3.8, 4) is 0 Å². The summed E-state index contributed by atoms with van der Waals surface area (Å²) in [4.78, 5) is 1.19. The number of hydrogen-bond acceptors (Lipinski definition) is 2. The van der Waals surface area contributed by atoms with Crippen molar-refractivity contribution in [1.82, 2.24) is 0 Å². The van der Waals surface area contributed by atoms with Crippen LogP contribution in [0, 0.1) is 13.8 Å². The smallest absolute Gasteiger partial charge is 0.105 e. The SMILES string of the molecule is Cc1ccccc1C(O)c1ccsc1C. The number of rotatable bonds is 2. The first kappa shape index (κ1) is 10.4. The first-order valence-electron chi connectivity index (χ1n) is 4.97. The van der Waals surface area contributed by atoms with Crippen molar-refractivity contribution in [2.24, 2.45) is 0 Å². The van der Waals surface area contributed by atoms with E-state index in [2.05, 4.69) is 0 Å². The highest BCUT2D eigenvalue weighted by atomic mass is 32.1. The van der Waals surface area contributed by atoms with Gasteiger partial charge in [-0.3, -0.25) is 0 Å². The number of aryl methyl sites for hydroxylation is 2. The van der Waals surface area contributed by atoms with E-state index in [1.807, 2.05) is 49.6 Å². The molecule has 0 aliphatic carbocycles. The van der Waals surface area contributed by atoms with E-state index < -0.39 is 6.10 Å². The first-order valence-corrected chi connectivity index (χ1v) is 5.85. The summed E-state index contributed by atoms with van der Waals surface area (Å²) < 4.78 is 0. The third-order valence-corrected chi connectivity index (χ3v) is 3.54. The highest BCUT2D eigenvalue weighted by Gasteiger charge is 2.14. The zero-order valence-corrected chi connectivity index (χ0v) is 9.71. The molecule has 1 unspecified atom stereocenters. The van der Waals surface area contributed by atoms with Crippen LogP contribution in [0.2, 0.25) is 0 Å². The van der Waals surface area contributed by atoms with Crippen LogP contribution in [-0.4, -0.2) is 5.11 Å². The number of aliphatic hydroxyl groups excluding tert-OH is 1. The van der Waals surface area contributed by atoms with Crippen LogP contribution in [0.15, 0.2) is 35.7 Å². The van der Waals surface area contributed by atoms with Gasteiger partial charge in [0.25, 0.3) is 0 Å². The van der Waals surface area contributed by atoms with Crippen molar-refractivity contribution in [3.05, 3.63) is 57.3 Å². The molecule has 0 aliphatic rings. The minimum Gasteiger partial charge on any atom is -0.384 e. The molecule has 0 spiro atoms. The Morgan fingerprint density at radius 2 is 1.80 bits per heavy atom. The Morgan fingerprint density at radius 3 is 2.40 bits per heavy atom. The van der Waals surface area contributed by atoms with E-state index in [4.69, 9.17) is 0 Å². The molecule has 0 amide bonds. The molecule has 0 fully saturated rings. The van der Waals surface area contributed by atoms with Gasteiger partial charge >= 0.3 is 0 Å². The molecule has 0 radical (unpaired) electrons. The van der Waals surface area contributed by atoms with E-state index in [0.717, 1.165) is 16.7 Å². The molecule has 0 bridgehead atoms. The van der Waals surface area contributed by atoms with Crippen LogP contribution in [-0.2, 0) is 0 Å². The van der Waals surface area contributed by atoms with Crippen LogP contribution in [0.3, 0.4) is 0 Å². The Morgan fingerprint density at radius 1 is 1.07 bits per heavy atom. The van der Waals surface area contributed by atoms with Gasteiger partial charge in [-0.1, -0.05) is 24.3 Å². The van der Waals surface area contributed by atoms with Gasteiger partial charge in [0.15, 0.2) is 0 Å². The van der Waals surface area contributed by atoms with Gasteiger partial charge in [0.1, 0.15) is 6.10 Å². The molecule has 2 heteroatoms. The average Bonchev–Trinajstić information content (AvgIpc) is 2.64. The molecule has 0 saturated carbocycles. The van der Waals surface area contributed by atoms with E-state index in [-0.39, 0.29) is 0 Å². The summed E-state index contributed by atoms with van der Waals surface area (Å²) in [6, 6.07) is 9.97. The Bertz CT molecular complexity index is 459. The number of aliphatic hydroxyl groups is 1. The molecule has 2 aromatic rings. The van der Waals surface area contributed by atoms with Crippen LogP contribution in [0.1, 0.15) is 27.7 Å². The Labute approximate surface area is 94.0 Å². The molecule has 1 nitrogen and oxygen atoms in total. The highest BCUT2D eigenvalue weighted by Crippen LogP contribution is 2.29. The largest absolute Gasteiger partial charge is 0.384 e. The summed E-state index contributed by atoms with van der Waals surface area (Å²) >= 11 is 1.67. The number of hydrogen-bond donors (Lipinski definition) is 1. The van der Waals surface area contributed by atoms with Crippen LogP contribution < -0.4 is 0 Å². The van der Waals surface area contributed by atoms with Gasteiger partial charge in [0.05, 0.1) is 0 Å². The lowest BCUT2D eigenvalue weighted by molar-refractivity contribution is 0.219. The zero-order valence-electron chi connectivity index (χ0n) is 8.90. The van der Waals surface area contributed by atoms with E-state index in [1.54, 1.807) is 11.3 Å². The quantitative estimate of drug-likeness (QED) is 0.818. The molecule has 1 atom stereocenters. The summed E-state index contributed by atoms with van der Waals surface area (Å²) in [6.07, 6.45) is -0.488. The van der Waals surface area contributed by atoms with Gasteiger partial charge in [0.2, 0.25) is 0 Å². The molecule has 1 N–H and O–H groups in total. The maximum atomic E-state index is 10.2. The zero-order chi connectivity index (χ0) is 10.8. The maximum absolute atomic E-state index is 10.2. The maximum Gasteiger partial charge on any atom is 0.105 e. The minimum atomic E-state index is -0.488. The molecule has 78 valence electrons. The molecule has 0 aliphatic heterocycles. The normalized spacial score (nSPS) is 12.7. The van der Waals surface area contributed by atoms with Crippen molar-refractivity contribution < 1.29 is 5.11 Å². The van der Waals surface area contributed by atoms with E-state index in [9.17, 15) is 5.11 Å². The standard InChI is InChI=1S/C13H14OS/c1-9-5-3-4-6-11(9)13(14)12-7-8-15-10(12)2/h3-8,13-14H,1-2H3. The van der Waals surface area contributed by atoms with Gasteiger partial charge in [-0.15, -0.1) is 11.3 Å². The molecule has 0 saturated heterocycles. The summed E-state index contributed by atoms with van der Waals surface area (Å²) in [5, 5.41) is 12.3. The lowest BCUT2D eigenvalue weighted by Gasteiger charge is -2.13. The van der Waals surface area contributed by atoms with Crippen molar-refractivity contribution >= 4 is 11.3 Å². The van der Waals surface area contributed by atoms with Crippen molar-refractivity contribution in [2.75, 3.05) is 0 Å². The highest BCUT2D eigenvalue weighted by molar-refractivity contribution is 7.10. The molecular formula is C13H14OS. The predicted octanol–water partition coefficient (Wildman–Crippen LogP) is 3.45. The Kier molecular flexibility index (Phi) is 2.89. The van der Waals surface area contributed by atoms with Crippen molar-refractivity contribution in [2.45, 2.75) is 20.0 Å². The van der Waals surface area contributed by atoms with Crippen LogP contribution in [0.25, 0.3) is 0 Å². The summed E-state index contributed by atoms with van der Waals surface area (Å²) in [7, 11) is 0. The fraction of sp³-hybridized carbons (Fsp3) is 0.231. The Hall–Kier alpha value is -1.12. The number of benzene rings is 1. The lowest BCUT2D eigenvalue weighted by Crippen LogP contribution is -2.01. The molecule has 1 aromatic heterocycles.